The molecule has 0 atom stereocenters. The third-order valence-corrected chi connectivity index (χ3v) is 3.12. The summed E-state index contributed by atoms with van der Waals surface area (Å²) in [6, 6.07) is 15.5. The number of nitrogens with zero attached hydrogens (tertiary/aromatic N) is 1. The SMILES string of the molecule is Cc1ccc(NCc2cccc(OCC#N)c2)c(Cl)c1. The molecule has 0 saturated heterocycles. The van der Waals surface area contributed by atoms with Gasteiger partial charge in [-0.05, 0) is 42.3 Å². The average molecular weight is 287 g/mol. The van der Waals surface area contributed by atoms with Crippen LogP contribution < -0.4 is 10.1 Å². The molecule has 4 heteroatoms. The third-order valence-electron chi connectivity index (χ3n) is 2.81. The third kappa shape index (κ3) is 3.91. The van der Waals surface area contributed by atoms with Crippen LogP contribution >= 0.6 is 11.6 Å². The standard InChI is InChI=1S/C16H15ClN2O/c1-12-5-6-16(15(17)9-12)19-11-13-3-2-4-14(10-13)20-8-7-18/h2-6,9-10,19H,8,11H2,1H3. The number of rotatable bonds is 5. The second-order valence-corrected chi connectivity index (χ2v) is 4.84. The number of anilines is 1. The zero-order valence-corrected chi connectivity index (χ0v) is 11.9. The predicted octanol–water partition coefficient (Wildman–Crippen LogP) is 4.16. The summed E-state index contributed by atoms with van der Waals surface area (Å²) < 4.78 is 5.27. The Morgan fingerprint density at radius 1 is 1.25 bits per heavy atom. The second kappa shape index (κ2) is 6.83. The lowest BCUT2D eigenvalue weighted by Gasteiger charge is -2.10. The van der Waals surface area contributed by atoms with Crippen molar-refractivity contribution in [1.29, 1.82) is 5.26 Å². The number of nitriles is 1. The molecule has 102 valence electrons. The highest BCUT2D eigenvalue weighted by molar-refractivity contribution is 6.33. The molecule has 0 aromatic heterocycles. The lowest BCUT2D eigenvalue weighted by molar-refractivity contribution is 0.368. The van der Waals surface area contributed by atoms with Crippen LogP contribution in [0.25, 0.3) is 0 Å². The maximum absolute atomic E-state index is 8.50. The van der Waals surface area contributed by atoms with E-state index in [2.05, 4.69) is 5.32 Å². The first-order valence-corrected chi connectivity index (χ1v) is 6.65. The Bertz CT molecular complexity index is 635. The molecule has 0 radical (unpaired) electrons. The summed E-state index contributed by atoms with van der Waals surface area (Å²) in [7, 11) is 0. The van der Waals surface area contributed by atoms with Crippen LogP contribution in [0.15, 0.2) is 42.5 Å². The number of hydrogen-bond acceptors (Lipinski definition) is 3. The summed E-state index contributed by atoms with van der Waals surface area (Å²) in [5.41, 5.74) is 3.10. The van der Waals surface area contributed by atoms with E-state index < -0.39 is 0 Å². The van der Waals surface area contributed by atoms with Gasteiger partial charge in [0, 0.05) is 6.54 Å². The van der Waals surface area contributed by atoms with Crippen LogP contribution in [0, 0.1) is 18.3 Å². The van der Waals surface area contributed by atoms with Crippen molar-refractivity contribution in [3.63, 3.8) is 0 Å². The van der Waals surface area contributed by atoms with Gasteiger partial charge in [0.2, 0.25) is 0 Å². The molecule has 0 unspecified atom stereocenters. The van der Waals surface area contributed by atoms with Gasteiger partial charge in [-0.15, -0.1) is 0 Å². The first-order valence-electron chi connectivity index (χ1n) is 6.28. The number of halogens is 1. The summed E-state index contributed by atoms with van der Waals surface area (Å²) in [4.78, 5) is 0. The summed E-state index contributed by atoms with van der Waals surface area (Å²) in [6.45, 7) is 2.71. The molecule has 0 heterocycles. The van der Waals surface area contributed by atoms with Crippen molar-refractivity contribution in [2.45, 2.75) is 13.5 Å². The summed E-state index contributed by atoms with van der Waals surface area (Å²) >= 11 is 6.17. The van der Waals surface area contributed by atoms with Gasteiger partial charge in [-0.3, -0.25) is 0 Å². The number of hydrogen-bond donors (Lipinski definition) is 1. The van der Waals surface area contributed by atoms with E-state index in [-0.39, 0.29) is 6.61 Å². The van der Waals surface area contributed by atoms with Gasteiger partial charge in [-0.25, -0.2) is 0 Å². The molecule has 0 fully saturated rings. The smallest absolute Gasteiger partial charge is 0.174 e. The van der Waals surface area contributed by atoms with Crippen molar-refractivity contribution in [2.24, 2.45) is 0 Å². The minimum Gasteiger partial charge on any atom is -0.479 e. The van der Waals surface area contributed by atoms with E-state index in [9.17, 15) is 0 Å². The van der Waals surface area contributed by atoms with Gasteiger partial charge in [-0.1, -0.05) is 29.8 Å². The second-order valence-electron chi connectivity index (χ2n) is 4.43. The van der Waals surface area contributed by atoms with Gasteiger partial charge in [-0.2, -0.15) is 5.26 Å². The van der Waals surface area contributed by atoms with Gasteiger partial charge in [0.1, 0.15) is 11.8 Å². The number of nitrogens with one attached hydrogen (secondary N) is 1. The molecular formula is C16H15ClN2O. The number of ether oxygens (including phenoxy) is 1. The fraction of sp³-hybridized carbons (Fsp3) is 0.188. The summed E-state index contributed by atoms with van der Waals surface area (Å²) in [5.74, 6) is 0.695. The molecule has 0 spiro atoms. The predicted molar refractivity (Wildman–Crippen MR) is 81.1 cm³/mol. The molecule has 20 heavy (non-hydrogen) atoms. The zero-order valence-electron chi connectivity index (χ0n) is 11.2. The highest BCUT2D eigenvalue weighted by Crippen LogP contribution is 2.23. The number of aryl methyl sites for hydroxylation is 1. The molecule has 1 N–H and O–H groups in total. The molecule has 0 aliphatic rings. The van der Waals surface area contributed by atoms with Crippen LogP contribution in [0.3, 0.4) is 0 Å². The molecule has 0 amide bonds. The van der Waals surface area contributed by atoms with Crippen LogP contribution in [0.4, 0.5) is 5.69 Å². The quantitative estimate of drug-likeness (QED) is 0.897. The minimum atomic E-state index is 0.0562. The number of benzene rings is 2. The highest BCUT2D eigenvalue weighted by atomic mass is 35.5. The Balaban J connectivity index is 2.01. The van der Waals surface area contributed by atoms with E-state index in [0.29, 0.717) is 17.3 Å². The highest BCUT2D eigenvalue weighted by Gasteiger charge is 2.01. The Hall–Kier alpha value is -2.18. The summed E-state index contributed by atoms with van der Waals surface area (Å²) in [5, 5.41) is 12.5. The fourth-order valence-electron chi connectivity index (χ4n) is 1.82. The zero-order chi connectivity index (χ0) is 14.4. The molecule has 2 aromatic rings. The largest absolute Gasteiger partial charge is 0.479 e. The first kappa shape index (κ1) is 14.2. The minimum absolute atomic E-state index is 0.0562. The Morgan fingerprint density at radius 2 is 2.10 bits per heavy atom. The maximum Gasteiger partial charge on any atom is 0.174 e. The van der Waals surface area contributed by atoms with E-state index in [0.717, 1.165) is 16.8 Å². The first-order chi connectivity index (χ1) is 9.69. The molecule has 2 aromatic carbocycles. The maximum atomic E-state index is 8.50. The fourth-order valence-corrected chi connectivity index (χ4v) is 2.12. The van der Waals surface area contributed by atoms with E-state index in [1.807, 2.05) is 55.5 Å². The van der Waals surface area contributed by atoms with Crippen molar-refractivity contribution in [2.75, 3.05) is 11.9 Å². The van der Waals surface area contributed by atoms with Crippen LogP contribution in [0.5, 0.6) is 5.75 Å². The lowest BCUT2D eigenvalue weighted by atomic mass is 10.2. The van der Waals surface area contributed by atoms with Crippen LogP contribution in [-0.4, -0.2) is 6.61 Å². The monoisotopic (exact) mass is 286 g/mol. The molecule has 0 bridgehead atoms. The van der Waals surface area contributed by atoms with Crippen LogP contribution in [0.2, 0.25) is 5.02 Å². The lowest BCUT2D eigenvalue weighted by Crippen LogP contribution is -2.01. The van der Waals surface area contributed by atoms with E-state index in [4.69, 9.17) is 21.6 Å². The molecule has 0 aliphatic heterocycles. The normalized spacial score (nSPS) is 9.85. The van der Waals surface area contributed by atoms with Crippen molar-refractivity contribution in [3.05, 3.63) is 58.6 Å². The molecular weight excluding hydrogens is 272 g/mol. The molecule has 0 aliphatic carbocycles. The van der Waals surface area contributed by atoms with E-state index >= 15 is 0 Å². The van der Waals surface area contributed by atoms with E-state index in [1.54, 1.807) is 0 Å². The van der Waals surface area contributed by atoms with Crippen molar-refractivity contribution >= 4 is 17.3 Å². The van der Waals surface area contributed by atoms with Crippen LogP contribution in [-0.2, 0) is 6.54 Å². The molecule has 2 rings (SSSR count). The van der Waals surface area contributed by atoms with Gasteiger partial charge < -0.3 is 10.1 Å². The van der Waals surface area contributed by atoms with Gasteiger partial charge >= 0.3 is 0 Å². The Morgan fingerprint density at radius 3 is 2.85 bits per heavy atom. The Labute approximate surface area is 123 Å². The van der Waals surface area contributed by atoms with Crippen LogP contribution in [0.1, 0.15) is 11.1 Å². The molecule has 0 saturated carbocycles. The summed E-state index contributed by atoms with van der Waals surface area (Å²) in [6.07, 6.45) is 0. The Kier molecular flexibility index (Phi) is 4.86. The van der Waals surface area contributed by atoms with Crippen molar-refractivity contribution in [3.8, 4) is 11.8 Å². The topological polar surface area (TPSA) is 45.0 Å². The average Bonchev–Trinajstić information content (AvgIpc) is 2.45. The van der Waals surface area contributed by atoms with Crippen molar-refractivity contribution in [1.82, 2.24) is 0 Å². The van der Waals surface area contributed by atoms with Gasteiger partial charge in [0.25, 0.3) is 0 Å². The van der Waals surface area contributed by atoms with Crippen molar-refractivity contribution < 1.29 is 4.74 Å². The van der Waals surface area contributed by atoms with Gasteiger partial charge in [0.15, 0.2) is 6.61 Å². The van der Waals surface area contributed by atoms with E-state index in [1.165, 1.54) is 0 Å². The molecule has 3 nitrogen and oxygen atoms in total. The van der Waals surface area contributed by atoms with Gasteiger partial charge in [0.05, 0.1) is 10.7 Å².